The number of pyridine rings is 4. The molecular weight excluding hydrogens is 1590 g/mol. The second-order valence-corrected chi connectivity index (χ2v) is 34.0. The number of carbonyl (C=O) groups excluding carboxylic acids is 2. The van der Waals surface area contributed by atoms with Crippen LogP contribution in [0.1, 0.15) is 58.4 Å². The van der Waals surface area contributed by atoms with Gasteiger partial charge in [0.05, 0.1) is 104 Å². The summed E-state index contributed by atoms with van der Waals surface area (Å²) in [5.74, 6) is -1.12. The molecule has 0 saturated carbocycles. The molecule has 556 valence electrons. The lowest BCUT2D eigenvalue weighted by atomic mass is 10.1. The van der Waals surface area contributed by atoms with E-state index >= 15 is 0 Å². The molecule has 0 saturated heterocycles. The van der Waals surface area contributed by atoms with Gasteiger partial charge in [0.15, 0.2) is 0 Å². The highest BCUT2D eigenvalue weighted by atomic mass is 35.7. The molecule has 0 fully saturated rings. The number of halogens is 5. The van der Waals surface area contributed by atoms with Gasteiger partial charge in [-0.1, -0.05) is 107 Å². The van der Waals surface area contributed by atoms with Crippen LogP contribution in [-0.4, -0.2) is 91.9 Å². The van der Waals surface area contributed by atoms with Gasteiger partial charge in [-0.05, 0) is 133 Å². The molecule has 0 radical (unpaired) electrons. The molecule has 25 nitrogen and oxygen atoms in total. The first kappa shape index (κ1) is 79.6. The average molecular weight is 1650 g/mol. The smallest absolute Gasteiger partial charge is 0.310 e. The second-order valence-electron chi connectivity index (χ2n) is 24.3. The van der Waals surface area contributed by atoms with Gasteiger partial charge in [-0.15, -0.1) is 0 Å². The van der Waals surface area contributed by atoms with Crippen LogP contribution in [0.15, 0.2) is 213 Å². The van der Waals surface area contributed by atoms with Gasteiger partial charge in [-0.3, -0.25) is 42.5 Å². The topological polar surface area (TPSA) is 380 Å². The van der Waals surface area contributed by atoms with E-state index in [1.54, 1.807) is 97.2 Å². The molecule has 110 heavy (non-hydrogen) atoms. The fraction of sp³-hybridized carbons (Fsp3) is 0.132. The number of hydrogen-bond donors (Lipinski definition) is 3. The zero-order valence-corrected chi connectivity index (χ0v) is 64.4. The van der Waals surface area contributed by atoms with Crippen molar-refractivity contribution in [3.8, 4) is 24.3 Å². The predicted octanol–water partition coefficient (Wildman–Crippen LogP) is 13.4. The summed E-state index contributed by atoms with van der Waals surface area (Å²) in [6.07, 6.45) is 12.7. The quantitative estimate of drug-likeness (QED) is 0.0438. The highest BCUT2D eigenvalue weighted by molar-refractivity contribution is 8.14. The summed E-state index contributed by atoms with van der Waals surface area (Å²) in [6.45, 7) is 4.27. The van der Waals surface area contributed by atoms with Crippen LogP contribution in [0.4, 0.5) is 22.7 Å². The lowest BCUT2D eigenvalue weighted by Crippen LogP contribution is -2.31. The predicted molar refractivity (Wildman–Crippen MR) is 416 cm³/mol. The third-order valence-corrected chi connectivity index (χ3v) is 25.5. The number of nitrogens with one attached hydrogen (secondary N) is 2. The van der Waals surface area contributed by atoms with Gasteiger partial charge < -0.3 is 15.0 Å². The molecule has 0 bridgehead atoms. The van der Waals surface area contributed by atoms with E-state index in [0.717, 1.165) is 45.6 Å². The standard InChI is InChI=1S/C18H13ClN3O3S.C18H12ClN3O3S.C18H12ClN3O2S.C9H5Cl2NO2S.C9H8N2.C4H6O3/c19-15-11-21(23)10-14-2-1-3-17(18(14)15)26(24,25)22-7-6-13-5-4-12(9-20)8-16(13)22;19-14-10-21-18(23)13-2-1-3-16(17(13)14)26(24,25)22-7-6-12-5-4-11(9-20)8-15(12)22;19-15-11-21-10-14-2-1-3-17(18(14)15)25(23,24)22-7-6-13-5-4-12(9-20)8-16(13)22;10-7-5-12-4-6-2-1-3-8(9(6)7)15(11,13)14;10-6-7-1-2-8-3-4-11-9(8)5-7;1-3(5)7-4(2)6/h1-5,8,10-11,23H,6-7H2;1-5,8,10H,6-7H2,(H,21,23);1-5,8,10-11H,6-7H2;1-5H;1-2,5,11H,3-4H2;1-2H3/q+1;;;;;. The van der Waals surface area contributed by atoms with Crippen LogP contribution >= 0.6 is 57.1 Å². The average Bonchev–Trinajstić information content (AvgIpc) is 1.47. The molecule has 16 rings (SSSR count). The lowest BCUT2D eigenvalue weighted by Gasteiger charge is -2.21. The molecule has 4 aromatic heterocycles. The van der Waals surface area contributed by atoms with Crippen LogP contribution in [0.3, 0.4) is 0 Å². The summed E-state index contributed by atoms with van der Waals surface area (Å²) in [7, 11) is -10.2. The number of nitriles is 4. The number of esters is 2. The van der Waals surface area contributed by atoms with Crippen molar-refractivity contribution in [2.75, 3.05) is 44.4 Å². The third-order valence-electron chi connectivity index (χ3n) is 17.5. The maximum absolute atomic E-state index is 13.4. The van der Waals surface area contributed by atoms with Crippen LogP contribution in [0.5, 0.6) is 0 Å². The van der Waals surface area contributed by atoms with Gasteiger partial charge in [0, 0.05) is 130 Å². The van der Waals surface area contributed by atoms with E-state index in [9.17, 15) is 53.3 Å². The number of rotatable bonds is 7. The van der Waals surface area contributed by atoms with E-state index in [1.807, 2.05) is 36.4 Å². The Kier molecular flexibility index (Phi) is 24.0. The highest BCUT2D eigenvalue weighted by Gasteiger charge is 2.37. The van der Waals surface area contributed by atoms with E-state index < -0.39 is 56.6 Å². The molecule has 12 aromatic rings. The maximum atomic E-state index is 13.4. The Hall–Kier alpha value is -11.5. The summed E-state index contributed by atoms with van der Waals surface area (Å²) in [4.78, 5) is 42.2. The molecule has 8 aromatic carbocycles. The number of benzene rings is 8. The van der Waals surface area contributed by atoms with Crippen LogP contribution in [-0.2, 0) is 79.1 Å². The molecule has 0 unspecified atom stereocenters. The van der Waals surface area contributed by atoms with Crippen LogP contribution < -0.4 is 28.5 Å². The molecule has 4 aliphatic rings. The number of ether oxygens (including phenoxy) is 1. The zero-order chi connectivity index (χ0) is 79.1. The number of sulfonamides is 3. The van der Waals surface area contributed by atoms with Gasteiger partial charge in [0.1, 0.15) is 5.02 Å². The van der Waals surface area contributed by atoms with Gasteiger partial charge in [0.25, 0.3) is 44.7 Å². The van der Waals surface area contributed by atoms with Crippen LogP contribution in [0.2, 0.25) is 20.1 Å². The number of aromatic amines is 1. The zero-order valence-electron chi connectivity index (χ0n) is 57.4. The number of anilines is 4. The lowest BCUT2D eigenvalue weighted by molar-refractivity contribution is -0.903. The van der Waals surface area contributed by atoms with E-state index in [2.05, 4.69) is 37.1 Å². The highest BCUT2D eigenvalue weighted by Crippen LogP contribution is 2.41. The van der Waals surface area contributed by atoms with Gasteiger partial charge >= 0.3 is 11.9 Å². The number of nitrogens with zero attached hydrogens (tertiary/aromatic N) is 10. The molecule has 8 heterocycles. The van der Waals surface area contributed by atoms with E-state index in [4.69, 9.17) is 78.1 Å². The Morgan fingerprint density at radius 1 is 0.482 bits per heavy atom. The fourth-order valence-corrected chi connectivity index (χ4v) is 20.2. The molecule has 3 N–H and O–H groups in total. The normalized spacial score (nSPS) is 13.0. The Balaban J connectivity index is 0.000000137. The first-order valence-corrected chi connectivity index (χ1v) is 40.8. The van der Waals surface area contributed by atoms with Crippen molar-refractivity contribution < 1.29 is 57.9 Å². The third kappa shape index (κ3) is 16.9. The SMILES string of the molecule is CC(=O)OC(C)=O.N#Cc1ccc2c(c1)N(S(=O)(=O)c1cccc3c(=O)[nH]cc(Cl)c13)CC2.N#Cc1ccc2c(c1)N(S(=O)(=O)c1cccc3c[n+](O)cc(Cl)c13)CC2.N#Cc1ccc2c(c1)N(S(=O)(=O)c1cccc3cncc(Cl)c13)CC2.N#Cc1ccc2c(c1)NCC2.O=S(=O)(Cl)c1cccc2cncc(Cl)c12. The van der Waals surface area contributed by atoms with E-state index in [-0.39, 0.29) is 52.0 Å². The van der Waals surface area contributed by atoms with Crippen molar-refractivity contribution in [1.29, 1.82) is 21.0 Å². The first-order chi connectivity index (χ1) is 52.4. The van der Waals surface area contributed by atoms with E-state index in [0.29, 0.717) is 103 Å². The summed E-state index contributed by atoms with van der Waals surface area (Å²) in [5, 5.41) is 53.1. The minimum atomic E-state index is -3.96. The molecule has 0 atom stereocenters. The summed E-state index contributed by atoms with van der Waals surface area (Å²) >= 11 is 24.5. The largest absolute Gasteiger partial charge is 0.394 e. The minimum absolute atomic E-state index is 0.00840. The number of hydrogen-bond acceptors (Lipinski definition) is 20. The van der Waals surface area contributed by atoms with Gasteiger partial charge in [0.2, 0.25) is 12.4 Å². The summed E-state index contributed by atoms with van der Waals surface area (Å²) in [6, 6.07) is 48.2. The summed E-state index contributed by atoms with van der Waals surface area (Å²) < 4.78 is 111. The number of fused-ring (bicyclic) bond motifs is 8. The Bertz CT molecular complexity index is 6490. The molecule has 4 aliphatic heterocycles. The molecule has 0 spiro atoms. The fourth-order valence-electron chi connectivity index (χ4n) is 12.6. The molecular formula is C76H56Cl5N12O13S4+. The number of carbonyl (C=O) groups is 2. The van der Waals surface area contributed by atoms with Crippen molar-refractivity contribution in [3.63, 3.8) is 0 Å². The number of aromatic nitrogens is 4. The van der Waals surface area contributed by atoms with Crippen LogP contribution in [0, 0.1) is 45.3 Å². The summed E-state index contributed by atoms with van der Waals surface area (Å²) in [5.41, 5.74) is 8.22. The Labute approximate surface area is 654 Å². The van der Waals surface area contributed by atoms with Crippen molar-refractivity contribution >= 4 is 174 Å². The van der Waals surface area contributed by atoms with Crippen molar-refractivity contribution in [2.45, 2.75) is 59.1 Å². The molecule has 0 aliphatic carbocycles. The van der Waals surface area contributed by atoms with Crippen molar-refractivity contribution in [3.05, 3.63) is 264 Å². The second kappa shape index (κ2) is 33.2. The number of H-pyrrole nitrogens is 1. The minimum Gasteiger partial charge on any atom is -0.394 e. The monoisotopic (exact) mass is 1650 g/mol. The van der Waals surface area contributed by atoms with E-state index in [1.165, 1.54) is 99.8 Å². The van der Waals surface area contributed by atoms with Crippen molar-refractivity contribution in [2.24, 2.45) is 0 Å². The maximum Gasteiger partial charge on any atom is 0.310 e. The Morgan fingerprint density at radius 3 is 1.30 bits per heavy atom. The Morgan fingerprint density at radius 2 is 0.873 bits per heavy atom. The molecule has 0 amide bonds. The van der Waals surface area contributed by atoms with Crippen molar-refractivity contribution in [1.82, 2.24) is 15.0 Å². The van der Waals surface area contributed by atoms with Crippen LogP contribution in [0.25, 0.3) is 43.1 Å². The first-order valence-electron chi connectivity index (χ1n) is 32.6. The van der Waals surface area contributed by atoms with Gasteiger partial charge in [-0.25, -0.2) is 33.7 Å². The van der Waals surface area contributed by atoms with Gasteiger partial charge in [-0.2, -0.15) is 21.0 Å². The molecule has 34 heteroatoms.